The fourth-order valence-corrected chi connectivity index (χ4v) is 3.11. The van der Waals surface area contributed by atoms with Crippen molar-refractivity contribution in [1.29, 1.82) is 0 Å². The number of ketones is 1. The standard InChI is InChI=1S/C24H33NO2.ClH/c1-5-25(6-2)17-18-27-24-10-8-7-9-22(24)23(26)16-13-20-11-14-21(15-12-20)19(3)4;/h7-12,14-15,19H,5-6,13,16-18H2,1-4H3;1H. The van der Waals surface area contributed by atoms with Crippen LogP contribution in [0.5, 0.6) is 5.75 Å². The minimum Gasteiger partial charge on any atom is -0.491 e. The molecule has 0 spiro atoms. The summed E-state index contributed by atoms with van der Waals surface area (Å²) in [5.74, 6) is 1.37. The number of ether oxygens (including phenoxy) is 1. The summed E-state index contributed by atoms with van der Waals surface area (Å²) in [4.78, 5) is 15.0. The Morgan fingerprint density at radius 3 is 2.25 bits per heavy atom. The lowest BCUT2D eigenvalue weighted by Crippen LogP contribution is -2.28. The van der Waals surface area contributed by atoms with Gasteiger partial charge in [0.1, 0.15) is 12.4 Å². The van der Waals surface area contributed by atoms with Gasteiger partial charge in [0, 0.05) is 13.0 Å². The highest BCUT2D eigenvalue weighted by atomic mass is 35.5. The lowest BCUT2D eigenvalue weighted by Gasteiger charge is -2.18. The molecule has 4 heteroatoms. The molecule has 2 rings (SSSR count). The summed E-state index contributed by atoms with van der Waals surface area (Å²) in [6.07, 6.45) is 1.25. The van der Waals surface area contributed by atoms with Gasteiger partial charge >= 0.3 is 0 Å². The van der Waals surface area contributed by atoms with E-state index >= 15 is 0 Å². The number of hydrogen-bond donors (Lipinski definition) is 0. The van der Waals surface area contributed by atoms with Crippen LogP contribution in [0.3, 0.4) is 0 Å². The fourth-order valence-electron chi connectivity index (χ4n) is 3.11. The van der Waals surface area contributed by atoms with Gasteiger partial charge in [-0.05, 0) is 48.7 Å². The quantitative estimate of drug-likeness (QED) is 0.446. The van der Waals surface area contributed by atoms with Gasteiger partial charge in [-0.3, -0.25) is 4.79 Å². The first-order chi connectivity index (χ1) is 13.0. The van der Waals surface area contributed by atoms with Crippen LogP contribution < -0.4 is 4.74 Å². The first-order valence-corrected chi connectivity index (χ1v) is 10.1. The molecule has 0 unspecified atom stereocenters. The third-order valence-electron chi connectivity index (χ3n) is 5.03. The Kier molecular flexibility index (Phi) is 10.9. The van der Waals surface area contributed by atoms with Gasteiger partial charge < -0.3 is 9.64 Å². The molecule has 0 aromatic heterocycles. The van der Waals surface area contributed by atoms with Crippen molar-refractivity contribution in [3.05, 3.63) is 65.2 Å². The molecule has 0 aliphatic heterocycles. The summed E-state index contributed by atoms with van der Waals surface area (Å²) in [5, 5.41) is 0. The van der Waals surface area contributed by atoms with E-state index in [1.807, 2.05) is 24.3 Å². The number of carbonyl (C=O) groups excluding carboxylic acids is 1. The fraction of sp³-hybridized carbons (Fsp3) is 0.458. The number of nitrogens with zero attached hydrogens (tertiary/aromatic N) is 1. The Bertz CT molecular complexity index is 709. The molecule has 0 aliphatic carbocycles. The van der Waals surface area contributed by atoms with E-state index < -0.39 is 0 Å². The van der Waals surface area contributed by atoms with Gasteiger partial charge in [0.25, 0.3) is 0 Å². The van der Waals surface area contributed by atoms with Gasteiger partial charge in [-0.1, -0.05) is 64.1 Å². The van der Waals surface area contributed by atoms with Crippen LogP contribution in [0.2, 0.25) is 0 Å². The molecule has 0 heterocycles. The molecule has 0 amide bonds. The second-order valence-electron chi connectivity index (χ2n) is 7.19. The predicted octanol–water partition coefficient (Wildman–Crippen LogP) is 5.77. The zero-order valence-electron chi connectivity index (χ0n) is 17.6. The largest absolute Gasteiger partial charge is 0.491 e. The van der Waals surface area contributed by atoms with Crippen molar-refractivity contribution >= 4 is 18.2 Å². The van der Waals surface area contributed by atoms with E-state index in [2.05, 4.69) is 56.9 Å². The van der Waals surface area contributed by atoms with Crippen LogP contribution in [-0.4, -0.2) is 36.9 Å². The SMILES string of the molecule is CCN(CC)CCOc1ccccc1C(=O)CCc1ccc(C(C)C)cc1.Cl. The van der Waals surface area contributed by atoms with Gasteiger partial charge in [-0.15, -0.1) is 12.4 Å². The molecular weight excluding hydrogens is 370 g/mol. The highest BCUT2D eigenvalue weighted by Gasteiger charge is 2.13. The predicted molar refractivity (Wildman–Crippen MR) is 120 cm³/mol. The molecule has 154 valence electrons. The van der Waals surface area contributed by atoms with Crippen molar-refractivity contribution in [1.82, 2.24) is 4.90 Å². The van der Waals surface area contributed by atoms with Gasteiger partial charge in [0.2, 0.25) is 0 Å². The maximum atomic E-state index is 12.7. The second kappa shape index (κ2) is 12.6. The van der Waals surface area contributed by atoms with Crippen molar-refractivity contribution in [3.63, 3.8) is 0 Å². The van der Waals surface area contributed by atoms with Gasteiger partial charge in [0.15, 0.2) is 5.78 Å². The Balaban J connectivity index is 0.00000392. The van der Waals surface area contributed by atoms with E-state index in [1.165, 1.54) is 11.1 Å². The Morgan fingerprint density at radius 1 is 1.00 bits per heavy atom. The molecule has 0 N–H and O–H groups in total. The van der Waals surface area contributed by atoms with Crippen LogP contribution in [0.1, 0.15) is 61.5 Å². The average molecular weight is 404 g/mol. The van der Waals surface area contributed by atoms with E-state index in [0.717, 1.165) is 26.1 Å². The van der Waals surface area contributed by atoms with Gasteiger partial charge in [-0.2, -0.15) is 0 Å². The molecule has 2 aromatic rings. The van der Waals surface area contributed by atoms with E-state index in [9.17, 15) is 4.79 Å². The number of likely N-dealkylation sites (N-methyl/N-ethyl adjacent to an activating group) is 1. The molecule has 0 aliphatic rings. The van der Waals surface area contributed by atoms with Crippen LogP contribution in [0, 0.1) is 0 Å². The van der Waals surface area contributed by atoms with Crippen LogP contribution in [-0.2, 0) is 6.42 Å². The molecule has 0 radical (unpaired) electrons. The highest BCUT2D eigenvalue weighted by Crippen LogP contribution is 2.21. The Hall–Kier alpha value is -1.84. The van der Waals surface area contributed by atoms with Crippen molar-refractivity contribution in [2.45, 2.75) is 46.5 Å². The zero-order valence-corrected chi connectivity index (χ0v) is 18.4. The maximum Gasteiger partial charge on any atom is 0.166 e. The number of carbonyl (C=O) groups is 1. The molecule has 3 nitrogen and oxygen atoms in total. The molecule has 0 saturated carbocycles. The number of Topliss-reactive ketones (excluding diaryl/α,β-unsaturated/α-hetero) is 1. The highest BCUT2D eigenvalue weighted by molar-refractivity contribution is 5.98. The summed E-state index contributed by atoms with van der Waals surface area (Å²) < 4.78 is 5.92. The molecule has 28 heavy (non-hydrogen) atoms. The number of hydrogen-bond acceptors (Lipinski definition) is 3. The summed E-state index contributed by atoms with van der Waals surface area (Å²) >= 11 is 0. The van der Waals surface area contributed by atoms with Crippen LogP contribution in [0.15, 0.2) is 48.5 Å². The van der Waals surface area contributed by atoms with Crippen molar-refractivity contribution < 1.29 is 9.53 Å². The van der Waals surface area contributed by atoms with Crippen molar-refractivity contribution in [3.8, 4) is 5.75 Å². The summed E-state index contributed by atoms with van der Waals surface area (Å²) in [7, 11) is 0. The maximum absolute atomic E-state index is 12.7. The lowest BCUT2D eigenvalue weighted by molar-refractivity contribution is 0.0978. The molecule has 0 atom stereocenters. The van der Waals surface area contributed by atoms with Crippen molar-refractivity contribution in [2.75, 3.05) is 26.2 Å². The summed E-state index contributed by atoms with van der Waals surface area (Å²) in [6, 6.07) is 16.2. The second-order valence-corrected chi connectivity index (χ2v) is 7.19. The molecule has 0 bridgehead atoms. The van der Waals surface area contributed by atoms with Crippen molar-refractivity contribution in [2.24, 2.45) is 0 Å². The van der Waals surface area contributed by atoms with E-state index in [4.69, 9.17) is 4.74 Å². The molecule has 0 saturated heterocycles. The van der Waals surface area contributed by atoms with Gasteiger partial charge in [0.05, 0.1) is 5.56 Å². The summed E-state index contributed by atoms with van der Waals surface area (Å²) in [5.41, 5.74) is 3.22. The van der Waals surface area contributed by atoms with E-state index in [1.54, 1.807) is 0 Å². The van der Waals surface area contributed by atoms with E-state index in [0.29, 0.717) is 30.3 Å². The van der Waals surface area contributed by atoms with E-state index in [-0.39, 0.29) is 18.2 Å². The van der Waals surface area contributed by atoms with Crippen LogP contribution >= 0.6 is 12.4 Å². The number of halogens is 1. The summed E-state index contributed by atoms with van der Waals surface area (Å²) in [6.45, 7) is 12.2. The number of rotatable bonds is 11. The number of aryl methyl sites for hydroxylation is 1. The first kappa shape index (κ1) is 24.2. The number of para-hydroxylation sites is 1. The molecule has 0 fully saturated rings. The van der Waals surface area contributed by atoms with Crippen LogP contribution in [0.4, 0.5) is 0 Å². The van der Waals surface area contributed by atoms with Gasteiger partial charge in [-0.25, -0.2) is 0 Å². The smallest absolute Gasteiger partial charge is 0.166 e. The molecular formula is C24H34ClNO2. The minimum absolute atomic E-state index is 0. The Morgan fingerprint density at radius 2 is 1.64 bits per heavy atom. The normalized spacial score (nSPS) is 10.8. The molecule has 2 aromatic carbocycles. The monoisotopic (exact) mass is 403 g/mol. The first-order valence-electron chi connectivity index (χ1n) is 10.1. The number of benzene rings is 2. The zero-order chi connectivity index (χ0) is 19.6. The Labute approximate surface area is 176 Å². The minimum atomic E-state index is 0. The lowest BCUT2D eigenvalue weighted by atomic mass is 9.98. The third-order valence-corrected chi connectivity index (χ3v) is 5.03. The average Bonchev–Trinajstić information content (AvgIpc) is 2.70. The van der Waals surface area contributed by atoms with Crippen LogP contribution in [0.25, 0.3) is 0 Å². The topological polar surface area (TPSA) is 29.5 Å². The third kappa shape index (κ3) is 7.29.